The van der Waals surface area contributed by atoms with Crippen molar-refractivity contribution in [1.29, 1.82) is 0 Å². The minimum absolute atomic E-state index is 0.173. The van der Waals surface area contributed by atoms with Crippen molar-refractivity contribution in [2.75, 3.05) is 17.2 Å². The summed E-state index contributed by atoms with van der Waals surface area (Å²) in [6.07, 6.45) is 0. The van der Waals surface area contributed by atoms with Crippen molar-refractivity contribution >= 4 is 27.4 Å². The molecule has 1 heterocycles. The molecule has 0 amide bonds. The number of aromatic nitrogens is 2. The minimum Gasteiger partial charge on any atom is -0.383 e. The summed E-state index contributed by atoms with van der Waals surface area (Å²) < 4.78 is 2.39. The molecule has 0 aliphatic rings. The van der Waals surface area contributed by atoms with Gasteiger partial charge in [-0.25, -0.2) is 4.79 Å². The Morgan fingerprint density at radius 2 is 1.70 bits per heavy atom. The number of rotatable bonds is 6. The quantitative estimate of drug-likeness (QED) is 0.631. The highest BCUT2D eigenvalue weighted by atomic mass is 79.9. The van der Waals surface area contributed by atoms with E-state index >= 15 is 0 Å². The van der Waals surface area contributed by atoms with Crippen LogP contribution in [0.15, 0.2) is 68.7 Å². The molecule has 3 rings (SSSR count). The molecule has 7 heteroatoms. The van der Waals surface area contributed by atoms with Crippen LogP contribution in [0.1, 0.15) is 18.1 Å². The fourth-order valence-corrected chi connectivity index (χ4v) is 3.23. The second kappa shape index (κ2) is 8.26. The molecule has 0 atom stereocenters. The van der Waals surface area contributed by atoms with Crippen molar-refractivity contribution in [3.05, 3.63) is 91.0 Å². The predicted octanol–water partition coefficient (Wildman–Crippen LogP) is 2.96. The van der Waals surface area contributed by atoms with Gasteiger partial charge in [-0.2, -0.15) is 0 Å². The zero-order valence-corrected chi connectivity index (χ0v) is 16.6. The van der Waals surface area contributed by atoms with E-state index in [0.29, 0.717) is 25.3 Å². The second-order valence-corrected chi connectivity index (χ2v) is 7.12. The van der Waals surface area contributed by atoms with Gasteiger partial charge >= 0.3 is 5.69 Å². The summed E-state index contributed by atoms with van der Waals surface area (Å²) in [6.45, 7) is 3.34. The van der Waals surface area contributed by atoms with E-state index in [1.165, 1.54) is 4.57 Å². The molecule has 0 saturated carbocycles. The van der Waals surface area contributed by atoms with E-state index in [0.717, 1.165) is 15.6 Å². The van der Waals surface area contributed by atoms with Gasteiger partial charge in [0.05, 0.1) is 6.54 Å². The number of aromatic amines is 1. The molecule has 0 aliphatic heterocycles. The molecule has 27 heavy (non-hydrogen) atoms. The maximum absolute atomic E-state index is 12.5. The number of benzene rings is 2. The first-order valence-corrected chi connectivity index (χ1v) is 9.44. The molecule has 0 saturated heterocycles. The highest BCUT2D eigenvalue weighted by Crippen LogP contribution is 2.20. The van der Waals surface area contributed by atoms with E-state index in [1.807, 2.05) is 66.4 Å². The van der Waals surface area contributed by atoms with Gasteiger partial charge in [-0.3, -0.25) is 14.3 Å². The number of anilines is 2. The molecule has 0 aliphatic carbocycles. The van der Waals surface area contributed by atoms with Crippen molar-refractivity contribution in [3.8, 4) is 0 Å². The molecule has 0 bridgehead atoms. The number of nitrogens with two attached hydrogens (primary N) is 1. The summed E-state index contributed by atoms with van der Waals surface area (Å²) in [5, 5.41) is 0. The highest BCUT2D eigenvalue weighted by Gasteiger charge is 2.18. The van der Waals surface area contributed by atoms with Crippen LogP contribution in [0.25, 0.3) is 0 Å². The summed E-state index contributed by atoms with van der Waals surface area (Å²) in [6, 6.07) is 17.4. The first-order valence-electron chi connectivity index (χ1n) is 8.65. The summed E-state index contributed by atoms with van der Waals surface area (Å²) in [7, 11) is 0. The Kier molecular flexibility index (Phi) is 5.81. The highest BCUT2D eigenvalue weighted by molar-refractivity contribution is 9.10. The van der Waals surface area contributed by atoms with E-state index in [4.69, 9.17) is 5.73 Å². The third-order valence-corrected chi connectivity index (χ3v) is 4.91. The number of hydrogen-bond acceptors (Lipinski definition) is 4. The van der Waals surface area contributed by atoms with Gasteiger partial charge in [0.25, 0.3) is 5.56 Å². The monoisotopic (exact) mass is 428 g/mol. The maximum Gasteiger partial charge on any atom is 0.330 e. The molecule has 0 fully saturated rings. The number of nitrogens with zero attached hydrogens (tertiary/aromatic N) is 2. The summed E-state index contributed by atoms with van der Waals surface area (Å²) in [5.74, 6) is 0.173. The summed E-state index contributed by atoms with van der Waals surface area (Å²) >= 11 is 3.42. The Labute approximate surface area is 165 Å². The average Bonchev–Trinajstić information content (AvgIpc) is 2.66. The van der Waals surface area contributed by atoms with Crippen LogP contribution in [-0.4, -0.2) is 16.1 Å². The molecule has 3 N–H and O–H groups in total. The third kappa shape index (κ3) is 4.31. The van der Waals surface area contributed by atoms with Gasteiger partial charge in [-0.15, -0.1) is 0 Å². The van der Waals surface area contributed by atoms with Crippen LogP contribution in [0, 0.1) is 0 Å². The first-order chi connectivity index (χ1) is 13.0. The smallest absolute Gasteiger partial charge is 0.330 e. The second-order valence-electron chi connectivity index (χ2n) is 6.21. The van der Waals surface area contributed by atoms with Crippen LogP contribution >= 0.6 is 15.9 Å². The average molecular weight is 429 g/mol. The zero-order valence-electron chi connectivity index (χ0n) is 15.0. The Morgan fingerprint density at radius 1 is 1.04 bits per heavy atom. The van der Waals surface area contributed by atoms with Gasteiger partial charge in [0.15, 0.2) is 0 Å². The molecule has 6 nitrogen and oxygen atoms in total. The molecule has 140 valence electrons. The van der Waals surface area contributed by atoms with Gasteiger partial charge in [0.1, 0.15) is 11.5 Å². The largest absolute Gasteiger partial charge is 0.383 e. The number of H-pyrrole nitrogens is 1. The fourth-order valence-electron chi connectivity index (χ4n) is 2.97. The predicted molar refractivity (Wildman–Crippen MR) is 112 cm³/mol. The zero-order chi connectivity index (χ0) is 19.4. The lowest BCUT2D eigenvalue weighted by Gasteiger charge is -2.25. The van der Waals surface area contributed by atoms with E-state index in [9.17, 15) is 9.59 Å². The van der Waals surface area contributed by atoms with Crippen LogP contribution in [-0.2, 0) is 13.1 Å². The van der Waals surface area contributed by atoms with Crippen molar-refractivity contribution in [1.82, 2.24) is 9.55 Å². The molecular formula is C20H21BrN4O2. The number of halogens is 1. The van der Waals surface area contributed by atoms with E-state index in [1.54, 1.807) is 0 Å². The molecule has 0 unspecified atom stereocenters. The van der Waals surface area contributed by atoms with Crippen LogP contribution in [0.3, 0.4) is 0 Å². The fraction of sp³-hybridized carbons (Fsp3) is 0.200. The normalized spacial score (nSPS) is 10.7. The van der Waals surface area contributed by atoms with E-state index in [-0.39, 0.29) is 5.82 Å². The minimum atomic E-state index is -0.509. The molecule has 0 radical (unpaired) electrons. The topological polar surface area (TPSA) is 84.1 Å². The van der Waals surface area contributed by atoms with E-state index in [2.05, 4.69) is 20.9 Å². The van der Waals surface area contributed by atoms with Crippen molar-refractivity contribution in [2.24, 2.45) is 0 Å². The van der Waals surface area contributed by atoms with Gasteiger partial charge < -0.3 is 10.6 Å². The van der Waals surface area contributed by atoms with Gasteiger partial charge in [-0.1, -0.05) is 58.4 Å². The van der Waals surface area contributed by atoms with Crippen LogP contribution in [0.4, 0.5) is 11.5 Å². The molecule has 0 spiro atoms. The lowest BCUT2D eigenvalue weighted by atomic mass is 10.2. The van der Waals surface area contributed by atoms with Crippen molar-refractivity contribution < 1.29 is 0 Å². The Morgan fingerprint density at radius 3 is 2.33 bits per heavy atom. The Balaban J connectivity index is 2.00. The lowest BCUT2D eigenvalue weighted by molar-refractivity contribution is 0.718. The molecule has 2 aromatic carbocycles. The maximum atomic E-state index is 12.5. The number of hydrogen-bond donors (Lipinski definition) is 2. The van der Waals surface area contributed by atoms with Gasteiger partial charge in [0, 0.05) is 17.6 Å². The van der Waals surface area contributed by atoms with Gasteiger partial charge in [-0.05, 0) is 30.2 Å². The third-order valence-electron chi connectivity index (χ3n) is 4.38. The van der Waals surface area contributed by atoms with Crippen LogP contribution in [0.5, 0.6) is 0 Å². The summed E-state index contributed by atoms with van der Waals surface area (Å²) in [5.41, 5.74) is 7.59. The molecule has 3 aromatic rings. The first kappa shape index (κ1) is 19.0. The molecule has 1 aromatic heterocycles. The Hall–Kier alpha value is -2.80. The lowest BCUT2D eigenvalue weighted by Crippen LogP contribution is -2.38. The molecular weight excluding hydrogens is 408 g/mol. The summed E-state index contributed by atoms with van der Waals surface area (Å²) in [4.78, 5) is 29.1. The van der Waals surface area contributed by atoms with Crippen LogP contribution in [0.2, 0.25) is 0 Å². The van der Waals surface area contributed by atoms with Crippen LogP contribution < -0.4 is 21.9 Å². The number of nitrogens with one attached hydrogen (secondary N) is 1. The van der Waals surface area contributed by atoms with Crippen molar-refractivity contribution in [2.45, 2.75) is 20.0 Å². The Bertz CT molecular complexity index is 1030. The standard InChI is InChI=1S/C20H21BrN4O2/c1-2-24(12-15-8-10-16(21)11-9-15)17-18(22)25(20(27)23-19(17)26)13-14-6-4-3-5-7-14/h3-11H,2,12-13,22H2,1H3,(H,23,26,27). The van der Waals surface area contributed by atoms with Crippen molar-refractivity contribution in [3.63, 3.8) is 0 Å². The van der Waals surface area contributed by atoms with E-state index < -0.39 is 11.2 Å². The SMILES string of the molecule is CCN(Cc1ccc(Br)cc1)c1c(N)n(Cc2ccccc2)c(=O)[nH]c1=O. The number of nitrogen functional groups attached to an aromatic ring is 1. The van der Waals surface area contributed by atoms with Gasteiger partial charge in [0.2, 0.25) is 0 Å².